The molecule has 2 N–H and O–H groups in total. The fourth-order valence-electron chi connectivity index (χ4n) is 2.56. The Kier molecular flexibility index (Phi) is 5.39. The summed E-state index contributed by atoms with van der Waals surface area (Å²) in [4.78, 5) is 12.5. The second-order valence-corrected chi connectivity index (χ2v) is 6.50. The predicted molar refractivity (Wildman–Crippen MR) is 104 cm³/mol. The van der Waals surface area contributed by atoms with Gasteiger partial charge in [-0.05, 0) is 43.4 Å². The van der Waals surface area contributed by atoms with Gasteiger partial charge in [0.05, 0.1) is 12.1 Å². The molecule has 0 aliphatic carbocycles. The van der Waals surface area contributed by atoms with Gasteiger partial charge in [-0.15, -0.1) is 0 Å². The number of rotatable bonds is 5. The monoisotopic (exact) mass is 388 g/mol. The lowest BCUT2D eigenvalue weighted by molar-refractivity contribution is -0.116. The summed E-state index contributed by atoms with van der Waals surface area (Å²) in [5.41, 5.74) is 2.56. The molecule has 0 atom stereocenters. The highest BCUT2D eigenvalue weighted by Crippen LogP contribution is 2.27. The van der Waals surface area contributed by atoms with Crippen LogP contribution in [0.2, 0.25) is 5.02 Å². The largest absolute Gasteiger partial charge is 0.495 e. The van der Waals surface area contributed by atoms with Crippen molar-refractivity contribution >= 4 is 35.4 Å². The van der Waals surface area contributed by atoms with Crippen LogP contribution >= 0.6 is 23.8 Å². The van der Waals surface area contributed by atoms with Gasteiger partial charge in [-0.25, -0.2) is 0 Å². The predicted octanol–water partition coefficient (Wildman–Crippen LogP) is 4.22. The SMILES string of the molecule is COc1ccc(NC(=O)Cn2c(-c3cccc(C)c3)n[nH]c2=S)cc1Cl. The van der Waals surface area contributed by atoms with Crippen molar-refractivity contribution in [3.63, 3.8) is 0 Å². The Hall–Kier alpha value is -2.64. The molecule has 0 saturated heterocycles. The van der Waals surface area contributed by atoms with E-state index >= 15 is 0 Å². The van der Waals surface area contributed by atoms with Crippen molar-refractivity contribution in [3.05, 3.63) is 57.8 Å². The summed E-state index contributed by atoms with van der Waals surface area (Å²) in [6.45, 7) is 2.03. The van der Waals surface area contributed by atoms with Crippen molar-refractivity contribution in [2.45, 2.75) is 13.5 Å². The summed E-state index contributed by atoms with van der Waals surface area (Å²) in [6.07, 6.45) is 0. The maximum Gasteiger partial charge on any atom is 0.244 e. The minimum Gasteiger partial charge on any atom is -0.495 e. The number of carbonyl (C=O) groups is 1. The third-order valence-electron chi connectivity index (χ3n) is 3.77. The molecule has 0 aliphatic heterocycles. The van der Waals surface area contributed by atoms with Crippen molar-refractivity contribution < 1.29 is 9.53 Å². The first-order valence-corrected chi connectivity index (χ1v) is 8.62. The highest BCUT2D eigenvalue weighted by atomic mass is 35.5. The summed E-state index contributed by atoms with van der Waals surface area (Å²) in [5.74, 6) is 0.919. The molecule has 8 heteroatoms. The van der Waals surface area contributed by atoms with Crippen LogP contribution in [0.25, 0.3) is 11.4 Å². The van der Waals surface area contributed by atoms with Crippen molar-refractivity contribution in [1.29, 1.82) is 0 Å². The van der Waals surface area contributed by atoms with Crippen molar-refractivity contribution in [1.82, 2.24) is 14.8 Å². The molecule has 3 rings (SSSR count). The van der Waals surface area contributed by atoms with Crippen molar-refractivity contribution in [3.8, 4) is 17.1 Å². The molecular formula is C18H17ClN4O2S. The number of aryl methyl sites for hydroxylation is 1. The molecule has 1 aromatic heterocycles. The van der Waals surface area contributed by atoms with Gasteiger partial charge < -0.3 is 10.1 Å². The quantitative estimate of drug-likeness (QED) is 0.642. The summed E-state index contributed by atoms with van der Waals surface area (Å²) in [7, 11) is 1.53. The van der Waals surface area contributed by atoms with Crippen LogP contribution in [0.15, 0.2) is 42.5 Å². The summed E-state index contributed by atoms with van der Waals surface area (Å²) < 4.78 is 7.14. The maximum absolute atomic E-state index is 12.5. The Morgan fingerprint density at radius 2 is 2.15 bits per heavy atom. The molecule has 26 heavy (non-hydrogen) atoms. The van der Waals surface area contributed by atoms with E-state index in [1.54, 1.807) is 22.8 Å². The molecule has 2 aromatic carbocycles. The summed E-state index contributed by atoms with van der Waals surface area (Å²) >= 11 is 11.4. The van der Waals surface area contributed by atoms with Gasteiger partial charge in [0, 0.05) is 11.3 Å². The van der Waals surface area contributed by atoms with Crippen LogP contribution < -0.4 is 10.1 Å². The molecule has 6 nitrogen and oxygen atoms in total. The smallest absolute Gasteiger partial charge is 0.244 e. The molecule has 3 aromatic rings. The highest BCUT2D eigenvalue weighted by molar-refractivity contribution is 7.71. The second-order valence-electron chi connectivity index (χ2n) is 5.71. The molecule has 0 aliphatic rings. The number of nitrogens with zero attached hydrogens (tertiary/aromatic N) is 2. The number of methoxy groups -OCH3 is 1. The number of hydrogen-bond acceptors (Lipinski definition) is 4. The van der Waals surface area contributed by atoms with Crippen LogP contribution in [0.3, 0.4) is 0 Å². The third kappa shape index (κ3) is 3.95. The van der Waals surface area contributed by atoms with E-state index in [1.165, 1.54) is 7.11 Å². The first-order valence-electron chi connectivity index (χ1n) is 7.83. The van der Waals surface area contributed by atoms with Gasteiger partial charge in [0.2, 0.25) is 5.91 Å². The first-order chi connectivity index (χ1) is 12.5. The Morgan fingerprint density at radius 3 is 2.85 bits per heavy atom. The van der Waals surface area contributed by atoms with Gasteiger partial charge in [-0.1, -0.05) is 35.4 Å². The normalized spacial score (nSPS) is 10.6. The zero-order chi connectivity index (χ0) is 18.7. The molecule has 134 valence electrons. The van der Waals surface area contributed by atoms with E-state index in [4.69, 9.17) is 28.6 Å². The molecule has 0 radical (unpaired) electrons. The van der Waals surface area contributed by atoms with Gasteiger partial charge >= 0.3 is 0 Å². The molecule has 0 unspecified atom stereocenters. The fourth-order valence-corrected chi connectivity index (χ4v) is 3.01. The second kappa shape index (κ2) is 7.72. The number of nitrogens with one attached hydrogen (secondary N) is 2. The van der Waals surface area contributed by atoms with Crippen molar-refractivity contribution in [2.75, 3.05) is 12.4 Å². The average molecular weight is 389 g/mol. The number of anilines is 1. The standard InChI is InChI=1S/C18H17ClN4O2S/c1-11-4-3-5-12(8-11)17-21-22-18(26)23(17)10-16(24)20-13-6-7-15(25-2)14(19)9-13/h3-9H,10H2,1-2H3,(H,20,24)(H,22,26). The van der Waals surface area contributed by atoms with E-state index in [-0.39, 0.29) is 12.5 Å². The van der Waals surface area contributed by atoms with Crippen LogP contribution in [-0.4, -0.2) is 27.8 Å². The van der Waals surface area contributed by atoms with Gasteiger partial charge in [-0.2, -0.15) is 5.10 Å². The Morgan fingerprint density at radius 1 is 1.35 bits per heavy atom. The molecule has 0 spiro atoms. The number of ether oxygens (including phenoxy) is 1. The Bertz CT molecular complexity index is 1010. The number of H-pyrrole nitrogens is 1. The highest BCUT2D eigenvalue weighted by Gasteiger charge is 2.13. The number of halogens is 1. The molecular weight excluding hydrogens is 372 g/mol. The molecule has 0 saturated carbocycles. The fraction of sp³-hybridized carbons (Fsp3) is 0.167. The average Bonchev–Trinajstić information content (AvgIpc) is 2.96. The minimum absolute atomic E-state index is 0.0300. The van der Waals surface area contributed by atoms with E-state index in [2.05, 4.69) is 15.5 Å². The molecule has 0 bridgehead atoms. The van der Waals surface area contributed by atoms with Crippen LogP contribution in [0.1, 0.15) is 5.56 Å². The number of amides is 1. The Balaban J connectivity index is 1.81. The van der Waals surface area contributed by atoms with Crippen LogP contribution in [0.5, 0.6) is 5.75 Å². The number of carbonyl (C=O) groups excluding carboxylic acids is 1. The summed E-state index contributed by atoms with van der Waals surface area (Å²) in [6, 6.07) is 12.9. The van der Waals surface area contributed by atoms with E-state index in [9.17, 15) is 4.79 Å². The van der Waals surface area contributed by atoms with Gasteiger partial charge in [0.1, 0.15) is 12.3 Å². The first kappa shape index (κ1) is 18.2. The zero-order valence-electron chi connectivity index (χ0n) is 14.2. The number of hydrogen-bond donors (Lipinski definition) is 2. The topological polar surface area (TPSA) is 71.9 Å². The van der Waals surface area contributed by atoms with E-state index in [0.29, 0.717) is 27.1 Å². The van der Waals surface area contributed by atoms with E-state index < -0.39 is 0 Å². The van der Waals surface area contributed by atoms with Crippen LogP contribution in [0, 0.1) is 11.7 Å². The number of benzene rings is 2. The molecule has 1 amide bonds. The molecule has 1 heterocycles. The summed E-state index contributed by atoms with van der Waals surface area (Å²) in [5, 5.41) is 10.2. The zero-order valence-corrected chi connectivity index (χ0v) is 15.8. The molecule has 0 fully saturated rings. The lowest BCUT2D eigenvalue weighted by Crippen LogP contribution is -2.19. The van der Waals surface area contributed by atoms with Gasteiger partial charge in [-0.3, -0.25) is 14.5 Å². The Labute approximate surface area is 160 Å². The third-order valence-corrected chi connectivity index (χ3v) is 4.38. The number of aromatic nitrogens is 3. The lowest BCUT2D eigenvalue weighted by atomic mass is 10.1. The van der Waals surface area contributed by atoms with Crippen molar-refractivity contribution in [2.24, 2.45) is 0 Å². The minimum atomic E-state index is -0.238. The van der Waals surface area contributed by atoms with E-state index in [0.717, 1.165) is 11.1 Å². The lowest BCUT2D eigenvalue weighted by Gasteiger charge is -2.10. The maximum atomic E-state index is 12.5. The van der Waals surface area contributed by atoms with Crippen LogP contribution in [0.4, 0.5) is 5.69 Å². The number of aromatic amines is 1. The van der Waals surface area contributed by atoms with E-state index in [1.807, 2.05) is 31.2 Å². The van der Waals surface area contributed by atoms with Gasteiger partial charge in [0.25, 0.3) is 0 Å². The van der Waals surface area contributed by atoms with Gasteiger partial charge in [0.15, 0.2) is 10.6 Å². The van der Waals surface area contributed by atoms with Crippen LogP contribution in [-0.2, 0) is 11.3 Å².